The number of nitrogens with zero attached hydrogens (tertiary/aromatic N) is 2. The number of fused-ring (bicyclic) bond motifs is 6. The second-order valence-electron chi connectivity index (χ2n) is 16.1. The molecule has 2 nitrogen and oxygen atoms in total. The Morgan fingerprint density at radius 3 is 0.952 bits per heavy atom. The molecule has 2 heterocycles. The lowest BCUT2D eigenvalue weighted by atomic mass is 9.87. The molecule has 0 aliphatic rings. The van der Waals surface area contributed by atoms with Crippen molar-refractivity contribution >= 4 is 43.6 Å². The van der Waals surface area contributed by atoms with Crippen molar-refractivity contribution in [1.82, 2.24) is 9.13 Å². The van der Waals surface area contributed by atoms with Gasteiger partial charge in [-0.05, 0) is 116 Å². The lowest BCUT2D eigenvalue weighted by Crippen LogP contribution is -1.95. The van der Waals surface area contributed by atoms with Crippen molar-refractivity contribution in [3.63, 3.8) is 0 Å². The molecule has 0 spiro atoms. The van der Waals surface area contributed by atoms with Gasteiger partial charge in [-0.25, -0.2) is 0 Å². The van der Waals surface area contributed by atoms with Crippen molar-refractivity contribution in [1.29, 1.82) is 0 Å². The van der Waals surface area contributed by atoms with E-state index in [1.54, 1.807) is 0 Å². The highest BCUT2D eigenvalue weighted by atomic mass is 15.0. The quantitative estimate of drug-likeness (QED) is 0.152. The van der Waals surface area contributed by atoms with Crippen LogP contribution in [-0.2, 0) is 0 Å². The average Bonchev–Trinajstić information content (AvgIpc) is 3.87. The van der Waals surface area contributed by atoms with Gasteiger partial charge in [-0.2, -0.15) is 0 Å². The Labute approximate surface area is 360 Å². The van der Waals surface area contributed by atoms with Crippen LogP contribution in [0.4, 0.5) is 0 Å². The summed E-state index contributed by atoms with van der Waals surface area (Å²) in [7, 11) is 0. The largest absolute Gasteiger partial charge is 0.309 e. The first-order valence-corrected chi connectivity index (χ1v) is 21.3. The predicted molar refractivity (Wildman–Crippen MR) is 262 cm³/mol. The molecule has 12 aromatic rings. The van der Waals surface area contributed by atoms with E-state index in [2.05, 4.69) is 252 Å². The summed E-state index contributed by atoms with van der Waals surface area (Å²) in [5.74, 6) is 0. The molecule has 0 bridgehead atoms. The fourth-order valence-electron chi connectivity index (χ4n) is 9.65. The zero-order valence-electron chi connectivity index (χ0n) is 34.0. The summed E-state index contributed by atoms with van der Waals surface area (Å²) in [6.07, 6.45) is 0. The highest BCUT2D eigenvalue weighted by Gasteiger charge is 2.17. The molecule has 0 saturated heterocycles. The molecule has 2 heteroatoms. The lowest BCUT2D eigenvalue weighted by Gasteiger charge is -2.17. The molecule has 2 aromatic heterocycles. The number of rotatable bonds is 7. The van der Waals surface area contributed by atoms with Crippen molar-refractivity contribution in [2.24, 2.45) is 0 Å². The van der Waals surface area contributed by atoms with Crippen LogP contribution >= 0.6 is 0 Å². The highest BCUT2D eigenvalue weighted by molar-refractivity contribution is 6.10. The zero-order valence-corrected chi connectivity index (χ0v) is 34.0. The van der Waals surface area contributed by atoms with Crippen molar-refractivity contribution in [3.8, 4) is 67.0 Å². The van der Waals surface area contributed by atoms with Gasteiger partial charge in [0.2, 0.25) is 0 Å². The maximum Gasteiger partial charge on any atom is 0.0541 e. The van der Waals surface area contributed by atoms with Gasteiger partial charge in [0, 0.05) is 32.9 Å². The van der Waals surface area contributed by atoms with E-state index in [9.17, 15) is 0 Å². The zero-order chi connectivity index (χ0) is 41.0. The van der Waals surface area contributed by atoms with E-state index in [1.165, 1.54) is 99.2 Å². The summed E-state index contributed by atoms with van der Waals surface area (Å²) in [6, 6.07) is 88.5. The SMILES string of the molecule is c1ccc(-c2ccc(-c3ccc(-c4ccc(-n5c6ccccc6c6ccccc65)cc4)cc3-c3ccc(-n4c5ccccc5c5ccccc54)cc3)cc2-c2ccccc2)cc1. The van der Waals surface area contributed by atoms with Gasteiger partial charge in [0.05, 0.1) is 22.1 Å². The predicted octanol–water partition coefficient (Wildman–Crippen LogP) is 16.2. The van der Waals surface area contributed by atoms with E-state index in [4.69, 9.17) is 0 Å². The number of para-hydroxylation sites is 4. The van der Waals surface area contributed by atoms with Gasteiger partial charge in [0.15, 0.2) is 0 Å². The van der Waals surface area contributed by atoms with Crippen LogP contribution in [0, 0.1) is 0 Å². The van der Waals surface area contributed by atoms with Gasteiger partial charge in [-0.1, -0.05) is 182 Å². The average molecular weight is 789 g/mol. The number of hydrogen-bond acceptors (Lipinski definition) is 0. The van der Waals surface area contributed by atoms with E-state index in [0.29, 0.717) is 0 Å². The second-order valence-corrected chi connectivity index (χ2v) is 16.1. The Hall–Kier alpha value is -8.20. The van der Waals surface area contributed by atoms with Gasteiger partial charge in [-0.3, -0.25) is 0 Å². The highest BCUT2D eigenvalue weighted by Crippen LogP contribution is 2.42. The lowest BCUT2D eigenvalue weighted by molar-refractivity contribution is 1.18. The van der Waals surface area contributed by atoms with Gasteiger partial charge in [0.25, 0.3) is 0 Å². The molecule has 62 heavy (non-hydrogen) atoms. The summed E-state index contributed by atoms with van der Waals surface area (Å²) in [5.41, 5.74) is 19.1. The molecule has 0 amide bonds. The van der Waals surface area contributed by atoms with Crippen LogP contribution in [0.25, 0.3) is 111 Å². The van der Waals surface area contributed by atoms with Crippen molar-refractivity contribution in [2.75, 3.05) is 0 Å². The van der Waals surface area contributed by atoms with Crippen LogP contribution in [0.3, 0.4) is 0 Å². The third-order valence-electron chi connectivity index (χ3n) is 12.6. The van der Waals surface area contributed by atoms with E-state index in [0.717, 1.165) is 11.4 Å². The number of benzene rings is 10. The van der Waals surface area contributed by atoms with E-state index >= 15 is 0 Å². The molecule has 0 N–H and O–H groups in total. The molecule has 0 unspecified atom stereocenters. The van der Waals surface area contributed by atoms with Gasteiger partial charge < -0.3 is 9.13 Å². The first kappa shape index (κ1) is 35.7. The number of hydrogen-bond donors (Lipinski definition) is 0. The summed E-state index contributed by atoms with van der Waals surface area (Å²) in [6.45, 7) is 0. The van der Waals surface area contributed by atoms with Crippen LogP contribution in [0.1, 0.15) is 0 Å². The van der Waals surface area contributed by atoms with E-state index < -0.39 is 0 Å². The molecule has 10 aromatic carbocycles. The normalized spacial score (nSPS) is 11.5. The Morgan fingerprint density at radius 1 is 0.194 bits per heavy atom. The first-order chi connectivity index (χ1) is 30.8. The molecule has 0 radical (unpaired) electrons. The van der Waals surface area contributed by atoms with Crippen molar-refractivity contribution < 1.29 is 0 Å². The van der Waals surface area contributed by atoms with Crippen LogP contribution in [0.5, 0.6) is 0 Å². The monoisotopic (exact) mass is 788 g/mol. The third-order valence-corrected chi connectivity index (χ3v) is 12.6. The fourth-order valence-corrected chi connectivity index (χ4v) is 9.65. The maximum absolute atomic E-state index is 2.39. The topological polar surface area (TPSA) is 9.86 Å². The molecule has 12 rings (SSSR count). The molecule has 290 valence electrons. The minimum absolute atomic E-state index is 1.14. The number of aromatic nitrogens is 2. The standard InChI is InChI=1S/C60H40N2/c1-3-15-42(16-4-1)49-38-32-46(40-56(49)43-17-5-2-6-18-43)50-37-31-45(41-27-33-47(34-28-41)61-57-23-11-7-19-51(57)52-20-8-12-24-58(52)61)39-55(50)44-29-35-48(36-30-44)62-59-25-13-9-21-53(59)54-22-10-14-26-60(54)62/h1-40H. The Morgan fingerprint density at radius 2 is 0.500 bits per heavy atom. The van der Waals surface area contributed by atoms with Crippen LogP contribution in [0.15, 0.2) is 243 Å². The fraction of sp³-hybridized carbons (Fsp3) is 0. The molecule has 0 saturated carbocycles. The molecule has 0 fully saturated rings. The third kappa shape index (κ3) is 5.96. The first-order valence-electron chi connectivity index (χ1n) is 21.3. The van der Waals surface area contributed by atoms with E-state index in [-0.39, 0.29) is 0 Å². The van der Waals surface area contributed by atoms with Crippen LogP contribution < -0.4 is 0 Å². The van der Waals surface area contributed by atoms with Crippen LogP contribution in [0.2, 0.25) is 0 Å². The summed E-state index contributed by atoms with van der Waals surface area (Å²) in [4.78, 5) is 0. The Bertz CT molecular complexity index is 3490. The second kappa shape index (κ2) is 14.8. The smallest absolute Gasteiger partial charge is 0.0541 e. The summed E-state index contributed by atoms with van der Waals surface area (Å²) < 4.78 is 4.77. The van der Waals surface area contributed by atoms with Crippen molar-refractivity contribution in [3.05, 3.63) is 243 Å². The molecular formula is C60H40N2. The summed E-state index contributed by atoms with van der Waals surface area (Å²) >= 11 is 0. The summed E-state index contributed by atoms with van der Waals surface area (Å²) in [5, 5.41) is 5.06. The minimum atomic E-state index is 1.14. The van der Waals surface area contributed by atoms with Crippen LogP contribution in [-0.4, -0.2) is 9.13 Å². The van der Waals surface area contributed by atoms with Gasteiger partial charge >= 0.3 is 0 Å². The molecular weight excluding hydrogens is 749 g/mol. The minimum Gasteiger partial charge on any atom is -0.309 e. The molecule has 0 aliphatic heterocycles. The Balaban J connectivity index is 1.01. The van der Waals surface area contributed by atoms with Gasteiger partial charge in [-0.15, -0.1) is 0 Å². The molecule has 0 aliphatic carbocycles. The Kier molecular flexibility index (Phi) is 8.53. The van der Waals surface area contributed by atoms with Crippen molar-refractivity contribution in [2.45, 2.75) is 0 Å². The maximum atomic E-state index is 2.39. The van der Waals surface area contributed by atoms with E-state index in [1.807, 2.05) is 0 Å². The van der Waals surface area contributed by atoms with Gasteiger partial charge in [0.1, 0.15) is 0 Å². The molecule has 0 atom stereocenters.